The van der Waals surface area contributed by atoms with Gasteiger partial charge in [-0.05, 0) is 12.8 Å². The van der Waals surface area contributed by atoms with Gasteiger partial charge in [-0.2, -0.15) is 0 Å². The maximum absolute atomic E-state index is 12.8. The Morgan fingerprint density at radius 3 is 1.37 bits per heavy atom. The van der Waals surface area contributed by atoms with Gasteiger partial charge in [-0.1, -0.05) is 168 Å². The second kappa shape index (κ2) is 33.6. The number of esters is 2. The van der Waals surface area contributed by atoms with Crippen LogP contribution in [0, 0.1) is 0 Å². The molecular formula is C41H78O9S. The van der Waals surface area contributed by atoms with Gasteiger partial charge in [0, 0.05) is 18.6 Å². The van der Waals surface area contributed by atoms with Gasteiger partial charge in [0.05, 0.1) is 6.61 Å². The van der Waals surface area contributed by atoms with Crippen molar-refractivity contribution in [2.75, 3.05) is 19.0 Å². The van der Waals surface area contributed by atoms with Crippen LogP contribution < -0.4 is 0 Å². The molecule has 1 saturated heterocycles. The summed E-state index contributed by atoms with van der Waals surface area (Å²) in [6, 6.07) is 0. The van der Waals surface area contributed by atoms with E-state index in [0.717, 1.165) is 50.3 Å². The zero-order valence-corrected chi connectivity index (χ0v) is 33.4. The fourth-order valence-electron chi connectivity index (χ4n) is 6.60. The number of unbranched alkanes of at least 4 members (excludes halogenated alkanes) is 24. The van der Waals surface area contributed by atoms with Crippen LogP contribution in [0.4, 0.5) is 0 Å². The van der Waals surface area contributed by atoms with E-state index in [1.807, 2.05) is 0 Å². The molecule has 0 aromatic heterocycles. The average molecular weight is 747 g/mol. The van der Waals surface area contributed by atoms with E-state index in [-0.39, 0.29) is 30.7 Å². The third-order valence-corrected chi connectivity index (χ3v) is 11.3. The number of hydrogen-bond donors (Lipinski definition) is 4. The minimum absolute atomic E-state index is 0.105. The van der Waals surface area contributed by atoms with Crippen LogP contribution in [0.15, 0.2) is 0 Å². The SMILES string of the molecule is CCCCCCCCCCCCCCCC(=O)OC[C@@H](CS[C@@H]1O[C@H](CO)[C@H](O)[C@H](O)[C@H]1O)OC(=O)CCCCCCCCCCCCCCC. The largest absolute Gasteiger partial charge is 0.462 e. The Balaban J connectivity index is 2.35. The van der Waals surface area contributed by atoms with E-state index in [9.17, 15) is 30.0 Å². The molecule has 0 aliphatic carbocycles. The highest BCUT2D eigenvalue weighted by Crippen LogP contribution is 2.29. The molecule has 9 nitrogen and oxygen atoms in total. The number of aliphatic hydroxyl groups is 4. The van der Waals surface area contributed by atoms with Crippen molar-refractivity contribution in [1.29, 1.82) is 0 Å². The van der Waals surface area contributed by atoms with E-state index >= 15 is 0 Å². The fraction of sp³-hybridized carbons (Fsp3) is 0.951. The van der Waals surface area contributed by atoms with Crippen LogP contribution in [-0.2, 0) is 23.8 Å². The fourth-order valence-corrected chi connectivity index (χ4v) is 7.75. The number of thioether (sulfide) groups is 1. The number of hydrogen-bond acceptors (Lipinski definition) is 10. The molecule has 0 radical (unpaired) electrons. The Morgan fingerprint density at radius 1 is 0.569 bits per heavy atom. The minimum Gasteiger partial charge on any atom is -0.462 e. The van der Waals surface area contributed by atoms with Crippen molar-refractivity contribution in [1.82, 2.24) is 0 Å². The van der Waals surface area contributed by atoms with E-state index < -0.39 is 42.6 Å². The van der Waals surface area contributed by atoms with E-state index in [4.69, 9.17) is 14.2 Å². The van der Waals surface area contributed by atoms with Crippen molar-refractivity contribution in [3.05, 3.63) is 0 Å². The van der Waals surface area contributed by atoms with Crippen molar-refractivity contribution in [3.8, 4) is 0 Å². The summed E-state index contributed by atoms with van der Waals surface area (Å²) in [5.41, 5.74) is -0.954. The Bertz CT molecular complexity index is 814. The van der Waals surface area contributed by atoms with Crippen molar-refractivity contribution in [3.63, 3.8) is 0 Å². The first-order valence-electron chi connectivity index (χ1n) is 21.1. The third-order valence-electron chi connectivity index (χ3n) is 9.99. The number of aliphatic hydroxyl groups excluding tert-OH is 4. The molecule has 10 heteroatoms. The number of carbonyl (C=O) groups is 2. The molecule has 1 aliphatic rings. The van der Waals surface area contributed by atoms with E-state index in [1.54, 1.807) is 0 Å². The molecule has 0 aromatic rings. The van der Waals surface area contributed by atoms with E-state index in [2.05, 4.69) is 13.8 Å². The van der Waals surface area contributed by atoms with Crippen LogP contribution in [0.25, 0.3) is 0 Å². The quantitative estimate of drug-likeness (QED) is 0.0367. The monoisotopic (exact) mass is 747 g/mol. The topological polar surface area (TPSA) is 143 Å². The van der Waals surface area contributed by atoms with Crippen molar-refractivity contribution < 1.29 is 44.2 Å². The summed E-state index contributed by atoms with van der Waals surface area (Å²) >= 11 is 1.09. The first-order valence-corrected chi connectivity index (χ1v) is 22.2. The summed E-state index contributed by atoms with van der Waals surface area (Å²) in [7, 11) is 0. The average Bonchev–Trinajstić information content (AvgIpc) is 3.13. The molecule has 0 unspecified atom stereocenters. The standard InChI is InChI=1S/C41H78O9S/c1-3-5-7-9-11-13-15-17-19-21-23-25-27-29-36(43)48-32-34(33-51-41-40(47)39(46)38(45)35(31-42)50-41)49-37(44)30-28-26-24-22-20-18-16-14-12-10-8-6-4-2/h34-35,38-42,45-47H,3-33H2,1-2H3/t34-,35+,38-,39-,40+,41-/m0/s1. The zero-order chi connectivity index (χ0) is 37.4. The summed E-state index contributed by atoms with van der Waals surface area (Å²) in [5.74, 6) is -0.530. The number of carbonyl (C=O) groups excluding carboxylic acids is 2. The highest BCUT2D eigenvalue weighted by Gasteiger charge is 2.43. The molecule has 1 fully saturated rings. The lowest BCUT2D eigenvalue weighted by atomic mass is 10.0. The van der Waals surface area contributed by atoms with Crippen LogP contribution in [0.5, 0.6) is 0 Å². The molecule has 6 atom stereocenters. The van der Waals surface area contributed by atoms with Crippen molar-refractivity contribution in [2.24, 2.45) is 0 Å². The lowest BCUT2D eigenvalue weighted by molar-refractivity contribution is -0.205. The van der Waals surface area contributed by atoms with Gasteiger partial charge in [-0.25, -0.2) is 0 Å². The smallest absolute Gasteiger partial charge is 0.306 e. The Hall–Kier alpha value is -0.910. The van der Waals surface area contributed by atoms with E-state index in [0.29, 0.717) is 6.42 Å². The van der Waals surface area contributed by atoms with Crippen LogP contribution in [0.1, 0.15) is 194 Å². The lowest BCUT2D eigenvalue weighted by Crippen LogP contribution is -2.57. The van der Waals surface area contributed by atoms with Gasteiger partial charge in [0.1, 0.15) is 42.6 Å². The molecule has 1 aliphatic heterocycles. The van der Waals surface area contributed by atoms with Crippen LogP contribution in [-0.4, -0.2) is 87.3 Å². The van der Waals surface area contributed by atoms with Crippen molar-refractivity contribution >= 4 is 23.7 Å². The molecular weight excluding hydrogens is 669 g/mol. The van der Waals surface area contributed by atoms with Crippen LogP contribution >= 0.6 is 11.8 Å². The third kappa shape index (κ3) is 25.7. The molecule has 1 heterocycles. The normalized spacial score (nSPS) is 21.1. The molecule has 4 N–H and O–H groups in total. The zero-order valence-electron chi connectivity index (χ0n) is 32.6. The van der Waals surface area contributed by atoms with Gasteiger partial charge >= 0.3 is 11.9 Å². The lowest BCUT2D eigenvalue weighted by Gasteiger charge is -2.39. The molecule has 0 spiro atoms. The van der Waals surface area contributed by atoms with Gasteiger partial charge in [-0.3, -0.25) is 9.59 Å². The molecule has 51 heavy (non-hydrogen) atoms. The summed E-state index contributed by atoms with van der Waals surface area (Å²) in [6.07, 6.45) is 26.3. The number of rotatable bonds is 35. The minimum atomic E-state index is -1.48. The van der Waals surface area contributed by atoms with Crippen molar-refractivity contribution in [2.45, 2.75) is 230 Å². The molecule has 0 saturated carbocycles. The second-order valence-corrected chi connectivity index (χ2v) is 15.9. The highest BCUT2D eigenvalue weighted by molar-refractivity contribution is 7.99. The van der Waals surface area contributed by atoms with Crippen LogP contribution in [0.3, 0.4) is 0 Å². The molecule has 0 amide bonds. The molecule has 302 valence electrons. The molecule has 1 rings (SSSR count). The Labute approximate surface area is 315 Å². The maximum atomic E-state index is 12.8. The van der Waals surface area contributed by atoms with Gasteiger partial charge < -0.3 is 34.6 Å². The predicted octanol–water partition coefficient (Wildman–Crippen LogP) is 8.94. The van der Waals surface area contributed by atoms with Crippen LogP contribution in [0.2, 0.25) is 0 Å². The summed E-state index contributed by atoms with van der Waals surface area (Å²) in [6.45, 7) is 3.87. The Kier molecular flexibility index (Phi) is 31.7. The van der Waals surface area contributed by atoms with Gasteiger partial charge in [0.2, 0.25) is 0 Å². The van der Waals surface area contributed by atoms with Gasteiger partial charge in [-0.15, -0.1) is 11.8 Å². The number of ether oxygens (including phenoxy) is 3. The predicted molar refractivity (Wildman–Crippen MR) is 208 cm³/mol. The summed E-state index contributed by atoms with van der Waals surface area (Å²) in [5, 5.41) is 40.2. The second-order valence-electron chi connectivity index (χ2n) is 14.8. The highest BCUT2D eigenvalue weighted by atomic mass is 32.2. The Morgan fingerprint density at radius 2 is 0.961 bits per heavy atom. The first-order chi connectivity index (χ1) is 24.8. The van der Waals surface area contributed by atoms with E-state index in [1.165, 1.54) is 128 Å². The van der Waals surface area contributed by atoms with Gasteiger partial charge in [0.15, 0.2) is 0 Å². The van der Waals surface area contributed by atoms with Gasteiger partial charge in [0.25, 0.3) is 0 Å². The summed E-state index contributed by atoms with van der Waals surface area (Å²) < 4.78 is 16.8. The maximum Gasteiger partial charge on any atom is 0.306 e. The molecule has 0 bridgehead atoms. The molecule has 0 aromatic carbocycles. The first kappa shape index (κ1) is 48.1. The summed E-state index contributed by atoms with van der Waals surface area (Å²) in [4.78, 5) is 25.3.